The van der Waals surface area contributed by atoms with E-state index in [0.29, 0.717) is 5.69 Å². The topological polar surface area (TPSA) is 63.7 Å². The highest BCUT2D eigenvalue weighted by Crippen LogP contribution is 2.23. The van der Waals surface area contributed by atoms with Gasteiger partial charge in [-0.3, -0.25) is 9.10 Å². The number of anilines is 1. The fourth-order valence-electron chi connectivity index (χ4n) is 1.95. The lowest BCUT2D eigenvalue weighted by molar-refractivity contribution is -0.141. The molecule has 0 unspecified atom stereocenters. The first-order chi connectivity index (χ1) is 10.6. The van der Waals surface area contributed by atoms with Gasteiger partial charge in [0.15, 0.2) is 0 Å². The predicted molar refractivity (Wildman–Crippen MR) is 84.0 cm³/mol. The summed E-state index contributed by atoms with van der Waals surface area (Å²) >= 11 is 0. The molecule has 0 bridgehead atoms. The van der Waals surface area contributed by atoms with Crippen molar-refractivity contribution in [2.75, 3.05) is 17.5 Å². The monoisotopic (exact) mass is 319 g/mol. The van der Waals surface area contributed by atoms with E-state index in [1.807, 2.05) is 0 Å². The summed E-state index contributed by atoms with van der Waals surface area (Å²) in [5.41, 5.74) is 0.416. The molecule has 0 aliphatic heterocycles. The molecule has 0 N–H and O–H groups in total. The maximum absolute atomic E-state index is 12.8. The Bertz CT molecular complexity index is 714. The molecule has 0 heterocycles. The Labute approximate surface area is 130 Å². The fourth-order valence-corrected chi connectivity index (χ4v) is 3.38. The minimum atomic E-state index is -3.84. The van der Waals surface area contributed by atoms with Crippen LogP contribution in [0.15, 0.2) is 65.6 Å². The second kappa shape index (κ2) is 7.09. The Morgan fingerprint density at radius 3 is 2.09 bits per heavy atom. The van der Waals surface area contributed by atoms with E-state index in [2.05, 4.69) is 0 Å². The summed E-state index contributed by atoms with van der Waals surface area (Å²) < 4.78 is 31.5. The van der Waals surface area contributed by atoms with E-state index >= 15 is 0 Å². The van der Waals surface area contributed by atoms with E-state index in [4.69, 9.17) is 4.74 Å². The average Bonchev–Trinajstić information content (AvgIpc) is 2.54. The normalized spacial score (nSPS) is 11.0. The third kappa shape index (κ3) is 3.65. The molecule has 5 nitrogen and oxygen atoms in total. The molecule has 0 radical (unpaired) electrons. The number of benzene rings is 2. The Kier molecular flexibility index (Phi) is 5.16. The van der Waals surface area contributed by atoms with Gasteiger partial charge in [-0.15, -0.1) is 0 Å². The molecular weight excluding hydrogens is 302 g/mol. The predicted octanol–water partition coefficient (Wildman–Crippen LogP) is 2.45. The zero-order chi connectivity index (χ0) is 16.0. The molecule has 2 rings (SSSR count). The summed E-state index contributed by atoms with van der Waals surface area (Å²) in [6, 6.07) is 16.5. The average molecular weight is 319 g/mol. The van der Waals surface area contributed by atoms with Crippen LogP contribution < -0.4 is 4.31 Å². The van der Waals surface area contributed by atoms with E-state index in [0.717, 1.165) is 4.31 Å². The number of carbonyl (C=O) groups excluding carboxylic acids is 1. The maximum atomic E-state index is 12.8. The van der Waals surface area contributed by atoms with Gasteiger partial charge in [-0.05, 0) is 31.2 Å². The molecule has 0 amide bonds. The number of nitrogens with zero attached hydrogens (tertiary/aromatic N) is 1. The molecule has 0 aromatic heterocycles. The van der Waals surface area contributed by atoms with Crippen LogP contribution in [0.3, 0.4) is 0 Å². The molecule has 6 heteroatoms. The zero-order valence-corrected chi connectivity index (χ0v) is 13.0. The zero-order valence-electron chi connectivity index (χ0n) is 12.2. The van der Waals surface area contributed by atoms with Crippen LogP contribution in [0.4, 0.5) is 5.69 Å². The van der Waals surface area contributed by atoms with Crippen LogP contribution in [0.25, 0.3) is 0 Å². The summed E-state index contributed by atoms with van der Waals surface area (Å²) in [5.74, 6) is -0.592. The van der Waals surface area contributed by atoms with Crippen LogP contribution in [0.1, 0.15) is 6.92 Å². The largest absolute Gasteiger partial charge is 0.465 e. The van der Waals surface area contributed by atoms with Crippen LogP contribution in [-0.4, -0.2) is 27.5 Å². The summed E-state index contributed by atoms with van der Waals surface area (Å²) in [5, 5.41) is 0. The smallest absolute Gasteiger partial charge is 0.326 e. The summed E-state index contributed by atoms with van der Waals surface area (Å²) in [4.78, 5) is 11.9. The highest BCUT2D eigenvalue weighted by Gasteiger charge is 2.27. The molecule has 0 saturated heterocycles. The highest BCUT2D eigenvalue weighted by atomic mass is 32.2. The number of hydrogen-bond acceptors (Lipinski definition) is 4. The molecule has 22 heavy (non-hydrogen) atoms. The van der Waals surface area contributed by atoms with E-state index in [-0.39, 0.29) is 18.0 Å². The van der Waals surface area contributed by atoms with Gasteiger partial charge in [0.1, 0.15) is 6.54 Å². The van der Waals surface area contributed by atoms with Crippen molar-refractivity contribution in [1.82, 2.24) is 0 Å². The van der Waals surface area contributed by atoms with Crippen molar-refractivity contribution in [1.29, 1.82) is 0 Å². The molecule has 2 aromatic rings. The molecule has 0 atom stereocenters. The van der Waals surface area contributed by atoms with Crippen LogP contribution in [0.5, 0.6) is 0 Å². The van der Waals surface area contributed by atoms with Crippen molar-refractivity contribution < 1.29 is 17.9 Å². The number of sulfonamides is 1. The van der Waals surface area contributed by atoms with Gasteiger partial charge in [-0.25, -0.2) is 8.42 Å². The SMILES string of the molecule is CCOC(=O)CN(c1ccccc1)S(=O)(=O)c1ccccc1. The highest BCUT2D eigenvalue weighted by molar-refractivity contribution is 7.92. The van der Waals surface area contributed by atoms with Crippen LogP contribution in [-0.2, 0) is 19.6 Å². The van der Waals surface area contributed by atoms with Crippen LogP contribution in [0, 0.1) is 0 Å². The Balaban J connectivity index is 2.42. The van der Waals surface area contributed by atoms with Gasteiger partial charge in [-0.1, -0.05) is 36.4 Å². The molecule has 0 aliphatic rings. The number of para-hydroxylation sites is 1. The summed E-state index contributed by atoms with van der Waals surface area (Å²) in [7, 11) is -3.84. The Hall–Kier alpha value is -2.34. The Morgan fingerprint density at radius 2 is 1.55 bits per heavy atom. The Morgan fingerprint density at radius 1 is 1.00 bits per heavy atom. The number of esters is 1. The number of ether oxygens (including phenoxy) is 1. The summed E-state index contributed by atoms with van der Waals surface area (Å²) in [6.07, 6.45) is 0. The first kappa shape index (κ1) is 16.0. The second-order valence-corrected chi connectivity index (χ2v) is 6.33. The quantitative estimate of drug-likeness (QED) is 0.767. The number of hydrogen-bond donors (Lipinski definition) is 0. The molecule has 0 saturated carbocycles. The molecular formula is C16H17NO4S. The van der Waals surface area contributed by atoms with E-state index < -0.39 is 16.0 Å². The minimum Gasteiger partial charge on any atom is -0.465 e. The van der Waals surface area contributed by atoms with Gasteiger partial charge < -0.3 is 4.74 Å². The van der Waals surface area contributed by atoms with Gasteiger partial charge in [-0.2, -0.15) is 0 Å². The maximum Gasteiger partial charge on any atom is 0.326 e. The van der Waals surface area contributed by atoms with Crippen molar-refractivity contribution in [2.45, 2.75) is 11.8 Å². The third-order valence-electron chi connectivity index (χ3n) is 2.95. The molecule has 116 valence electrons. The van der Waals surface area contributed by atoms with Crippen molar-refractivity contribution in [3.63, 3.8) is 0 Å². The van der Waals surface area contributed by atoms with Crippen molar-refractivity contribution in [2.24, 2.45) is 0 Å². The lowest BCUT2D eigenvalue weighted by atomic mass is 10.3. The van der Waals surface area contributed by atoms with Crippen molar-refractivity contribution in [3.8, 4) is 0 Å². The van der Waals surface area contributed by atoms with Gasteiger partial charge in [0, 0.05) is 0 Å². The fraction of sp³-hybridized carbons (Fsp3) is 0.188. The van der Waals surface area contributed by atoms with Crippen LogP contribution in [0.2, 0.25) is 0 Å². The molecule has 0 fully saturated rings. The van der Waals surface area contributed by atoms with E-state index in [1.165, 1.54) is 12.1 Å². The van der Waals surface area contributed by atoms with E-state index in [1.54, 1.807) is 55.5 Å². The van der Waals surface area contributed by atoms with Crippen LogP contribution >= 0.6 is 0 Å². The second-order valence-electron chi connectivity index (χ2n) is 4.47. The first-order valence-corrected chi connectivity index (χ1v) is 8.28. The van der Waals surface area contributed by atoms with Gasteiger partial charge >= 0.3 is 5.97 Å². The molecule has 2 aromatic carbocycles. The van der Waals surface area contributed by atoms with Gasteiger partial charge in [0.25, 0.3) is 10.0 Å². The first-order valence-electron chi connectivity index (χ1n) is 6.84. The van der Waals surface area contributed by atoms with Crippen molar-refractivity contribution in [3.05, 3.63) is 60.7 Å². The van der Waals surface area contributed by atoms with Gasteiger partial charge in [0.05, 0.1) is 17.2 Å². The molecule has 0 spiro atoms. The lowest BCUT2D eigenvalue weighted by Crippen LogP contribution is -2.36. The number of carbonyl (C=O) groups is 1. The third-order valence-corrected chi connectivity index (χ3v) is 4.74. The summed E-state index contributed by atoms with van der Waals surface area (Å²) in [6.45, 7) is 1.51. The minimum absolute atomic E-state index is 0.128. The standard InChI is InChI=1S/C16H17NO4S/c1-2-21-16(18)13-17(14-9-5-3-6-10-14)22(19,20)15-11-7-4-8-12-15/h3-12H,2,13H2,1H3. The van der Waals surface area contributed by atoms with Crippen molar-refractivity contribution >= 4 is 21.7 Å². The lowest BCUT2D eigenvalue weighted by Gasteiger charge is -2.23. The van der Waals surface area contributed by atoms with E-state index in [9.17, 15) is 13.2 Å². The molecule has 0 aliphatic carbocycles. The number of rotatable bonds is 6. The van der Waals surface area contributed by atoms with Gasteiger partial charge in [0.2, 0.25) is 0 Å².